The Labute approximate surface area is 152 Å². The van der Waals surface area contributed by atoms with Crippen LogP contribution in [0.5, 0.6) is 0 Å². The molecule has 2 N–H and O–H groups in total. The molecule has 1 amide bonds. The molecule has 134 valence electrons. The molecule has 0 atom stereocenters. The zero-order valence-corrected chi connectivity index (χ0v) is 14.8. The lowest BCUT2D eigenvalue weighted by Crippen LogP contribution is -2.38. The van der Waals surface area contributed by atoms with Crippen molar-refractivity contribution in [3.05, 3.63) is 48.3 Å². The third-order valence-electron chi connectivity index (χ3n) is 4.63. The smallest absolute Gasteiger partial charge is 0.219 e. The Kier molecular flexibility index (Phi) is 4.53. The molecule has 1 aliphatic heterocycles. The van der Waals surface area contributed by atoms with Crippen LogP contribution in [0.1, 0.15) is 12.5 Å². The minimum atomic E-state index is 0.0846. The number of fused-ring (bicyclic) bond motifs is 4. The first-order valence-electron chi connectivity index (χ1n) is 8.84. The number of anilines is 1. The summed E-state index contributed by atoms with van der Waals surface area (Å²) >= 11 is 0. The zero-order valence-electron chi connectivity index (χ0n) is 14.8. The van der Waals surface area contributed by atoms with Crippen LogP contribution >= 0.6 is 0 Å². The minimum absolute atomic E-state index is 0.0846. The summed E-state index contributed by atoms with van der Waals surface area (Å²) in [6, 6.07) is 10.3. The topological polar surface area (TPSA) is 74.6 Å². The average molecular weight is 350 g/mol. The summed E-state index contributed by atoms with van der Waals surface area (Å²) in [5, 5.41) is 11.1. The Hall–Kier alpha value is -2.93. The first-order valence-corrected chi connectivity index (χ1v) is 8.84. The van der Waals surface area contributed by atoms with Crippen molar-refractivity contribution in [3.8, 4) is 11.1 Å². The van der Waals surface area contributed by atoms with E-state index in [9.17, 15) is 4.79 Å². The van der Waals surface area contributed by atoms with Crippen LogP contribution in [0.2, 0.25) is 0 Å². The van der Waals surface area contributed by atoms with Crippen LogP contribution < -0.4 is 10.6 Å². The van der Waals surface area contributed by atoms with Gasteiger partial charge in [0.2, 0.25) is 5.91 Å². The molecule has 1 aliphatic rings. The fourth-order valence-electron chi connectivity index (χ4n) is 3.21. The first kappa shape index (κ1) is 16.5. The fourth-order valence-corrected chi connectivity index (χ4v) is 3.21. The van der Waals surface area contributed by atoms with Crippen LogP contribution in [0.15, 0.2) is 42.7 Å². The van der Waals surface area contributed by atoms with Crippen molar-refractivity contribution in [2.24, 2.45) is 0 Å². The summed E-state index contributed by atoms with van der Waals surface area (Å²) in [4.78, 5) is 18.4. The van der Waals surface area contributed by atoms with E-state index < -0.39 is 0 Å². The Morgan fingerprint density at radius 3 is 2.96 bits per heavy atom. The number of benzene rings is 1. The van der Waals surface area contributed by atoms with Crippen molar-refractivity contribution < 1.29 is 4.79 Å². The van der Waals surface area contributed by atoms with Crippen molar-refractivity contribution in [1.29, 1.82) is 0 Å². The highest BCUT2D eigenvalue weighted by atomic mass is 16.2. The molecule has 0 radical (unpaired) electrons. The van der Waals surface area contributed by atoms with Crippen molar-refractivity contribution in [2.45, 2.75) is 13.5 Å². The lowest BCUT2D eigenvalue weighted by atomic mass is 10.1. The van der Waals surface area contributed by atoms with E-state index in [1.807, 2.05) is 23.4 Å². The van der Waals surface area contributed by atoms with Crippen molar-refractivity contribution in [3.63, 3.8) is 0 Å². The molecule has 4 bridgehead atoms. The molecule has 2 aromatic heterocycles. The highest BCUT2D eigenvalue weighted by molar-refractivity contribution is 5.78. The van der Waals surface area contributed by atoms with Gasteiger partial charge in [-0.05, 0) is 23.3 Å². The maximum atomic E-state index is 11.8. The van der Waals surface area contributed by atoms with Crippen LogP contribution in [-0.4, -0.2) is 51.6 Å². The standard InChI is InChI=1S/C19H22N6O/c1-14(26)24-9-6-20-12-15-3-2-4-16(11-15)17-13-22-25-8-5-18(21-7-10-24)23-19(17)25/h2-5,8,11,13,20H,6-7,9-10,12H2,1H3,(H,21,23). The van der Waals surface area contributed by atoms with E-state index in [-0.39, 0.29) is 5.91 Å². The highest BCUT2D eigenvalue weighted by Gasteiger charge is 2.12. The zero-order chi connectivity index (χ0) is 17.9. The molecule has 0 aliphatic carbocycles. The van der Waals surface area contributed by atoms with Crippen LogP contribution in [0.25, 0.3) is 16.8 Å². The predicted octanol–water partition coefficient (Wildman–Crippen LogP) is 1.76. The van der Waals surface area contributed by atoms with Crippen LogP contribution in [0.4, 0.5) is 5.82 Å². The molecule has 0 spiro atoms. The Bertz CT molecular complexity index is 935. The Balaban J connectivity index is 1.72. The lowest BCUT2D eigenvalue weighted by Gasteiger charge is -2.21. The number of carbonyl (C=O) groups excluding carboxylic acids is 1. The van der Waals surface area contributed by atoms with Gasteiger partial charge >= 0.3 is 0 Å². The molecule has 7 heteroatoms. The van der Waals surface area contributed by atoms with Crippen molar-refractivity contribution in [1.82, 2.24) is 24.8 Å². The molecular formula is C19H22N6O. The van der Waals surface area contributed by atoms with E-state index in [0.29, 0.717) is 19.6 Å². The van der Waals surface area contributed by atoms with Gasteiger partial charge in [-0.3, -0.25) is 4.79 Å². The summed E-state index contributed by atoms with van der Waals surface area (Å²) in [7, 11) is 0. The van der Waals surface area contributed by atoms with Gasteiger partial charge in [0, 0.05) is 51.4 Å². The van der Waals surface area contributed by atoms with Gasteiger partial charge in [-0.2, -0.15) is 5.10 Å². The lowest BCUT2D eigenvalue weighted by molar-refractivity contribution is -0.128. The molecule has 4 rings (SSSR count). The van der Waals surface area contributed by atoms with Gasteiger partial charge in [0.15, 0.2) is 5.65 Å². The van der Waals surface area contributed by atoms with E-state index in [4.69, 9.17) is 4.98 Å². The van der Waals surface area contributed by atoms with Crippen LogP contribution in [-0.2, 0) is 11.3 Å². The summed E-state index contributed by atoms with van der Waals surface area (Å²) in [5.74, 6) is 0.869. The summed E-state index contributed by atoms with van der Waals surface area (Å²) in [5.41, 5.74) is 4.12. The van der Waals surface area contributed by atoms with Crippen molar-refractivity contribution >= 4 is 17.4 Å². The number of amides is 1. The van der Waals surface area contributed by atoms with Gasteiger partial charge < -0.3 is 15.5 Å². The maximum absolute atomic E-state index is 11.8. The van der Waals surface area contributed by atoms with Gasteiger partial charge in [-0.15, -0.1) is 0 Å². The molecule has 0 unspecified atom stereocenters. The van der Waals surface area contributed by atoms with E-state index in [0.717, 1.165) is 35.7 Å². The number of hydrogen-bond acceptors (Lipinski definition) is 5. The summed E-state index contributed by atoms with van der Waals surface area (Å²) < 4.78 is 1.78. The Morgan fingerprint density at radius 1 is 1.19 bits per heavy atom. The molecule has 0 fully saturated rings. The number of nitrogens with one attached hydrogen (secondary N) is 2. The second-order valence-corrected chi connectivity index (χ2v) is 6.45. The van der Waals surface area contributed by atoms with Gasteiger partial charge in [-0.1, -0.05) is 18.2 Å². The number of hydrogen-bond donors (Lipinski definition) is 2. The normalized spacial score (nSPS) is 15.3. The summed E-state index contributed by atoms with van der Waals surface area (Å²) in [6.07, 6.45) is 3.76. The largest absolute Gasteiger partial charge is 0.368 e. The molecule has 3 heterocycles. The molecule has 7 nitrogen and oxygen atoms in total. The predicted molar refractivity (Wildman–Crippen MR) is 101 cm³/mol. The number of nitrogens with zero attached hydrogens (tertiary/aromatic N) is 4. The third kappa shape index (κ3) is 3.39. The van der Waals surface area contributed by atoms with Gasteiger partial charge in [0.25, 0.3) is 0 Å². The molecule has 26 heavy (non-hydrogen) atoms. The van der Waals surface area contributed by atoms with E-state index >= 15 is 0 Å². The molecule has 0 saturated heterocycles. The fraction of sp³-hybridized carbons (Fsp3) is 0.316. The monoisotopic (exact) mass is 350 g/mol. The van der Waals surface area contributed by atoms with Gasteiger partial charge in [0.05, 0.1) is 6.20 Å². The van der Waals surface area contributed by atoms with E-state index in [2.05, 4.69) is 40.0 Å². The molecular weight excluding hydrogens is 328 g/mol. The maximum Gasteiger partial charge on any atom is 0.219 e. The van der Waals surface area contributed by atoms with Crippen molar-refractivity contribution in [2.75, 3.05) is 31.5 Å². The van der Waals surface area contributed by atoms with E-state index in [1.165, 1.54) is 5.56 Å². The van der Waals surface area contributed by atoms with Gasteiger partial charge in [0.1, 0.15) is 5.82 Å². The number of rotatable bonds is 0. The highest BCUT2D eigenvalue weighted by Crippen LogP contribution is 2.25. The third-order valence-corrected chi connectivity index (χ3v) is 4.63. The molecule has 3 aromatic rings. The quantitative estimate of drug-likeness (QED) is 0.646. The SMILES string of the molecule is CC(=O)N1CCNCc2cccc(c2)-c2cnn3ccc(nc23)NCC1. The number of carbonyl (C=O) groups is 1. The average Bonchev–Trinajstić information content (AvgIpc) is 3.06. The Morgan fingerprint density at radius 2 is 2.08 bits per heavy atom. The van der Waals surface area contributed by atoms with E-state index in [1.54, 1.807) is 11.4 Å². The summed E-state index contributed by atoms with van der Waals surface area (Å²) in [6.45, 7) is 5.11. The first-order chi connectivity index (χ1) is 12.7. The molecule has 1 aromatic carbocycles. The van der Waals surface area contributed by atoms with Gasteiger partial charge in [-0.25, -0.2) is 9.50 Å². The number of aromatic nitrogens is 3. The molecule has 0 saturated carbocycles. The van der Waals surface area contributed by atoms with Crippen LogP contribution in [0, 0.1) is 0 Å². The minimum Gasteiger partial charge on any atom is -0.368 e. The second-order valence-electron chi connectivity index (χ2n) is 6.45. The van der Waals surface area contributed by atoms with Crippen LogP contribution in [0.3, 0.4) is 0 Å². The second kappa shape index (κ2) is 7.13.